The third-order valence-electron chi connectivity index (χ3n) is 5.59. The largest absolute Gasteiger partial charge is 0.399 e. The van der Waals surface area contributed by atoms with Gasteiger partial charge in [-0.1, -0.05) is 176 Å². The minimum atomic E-state index is -3.80. The molecule has 0 aromatic rings. The lowest BCUT2D eigenvalue weighted by atomic mass is 10.1. The average Bonchev–Trinajstić information content (AvgIpc) is 2.81. The van der Waals surface area contributed by atoms with Crippen molar-refractivity contribution < 1.29 is 16.8 Å². The first kappa shape index (κ1) is 37.9. The number of halogens is 4. The summed E-state index contributed by atoms with van der Waals surface area (Å²) in [5, 5.41) is 0. The minimum Gasteiger partial charge on any atom is -0.248 e. The summed E-state index contributed by atoms with van der Waals surface area (Å²) in [7, 11) is -3.80. The monoisotopic (exact) mass is 598 g/mol. The fourth-order valence-corrected chi connectivity index (χ4v) is 4.25. The van der Waals surface area contributed by atoms with Gasteiger partial charge in [0.1, 0.15) is 8.98 Å². The zero-order valence-electron chi connectivity index (χ0n) is 22.1. The number of hydrogen-bond donors (Lipinski definition) is 0. The highest BCUT2D eigenvalue weighted by Gasteiger charge is 2.11. The predicted octanol–water partition coefficient (Wildman–Crippen LogP) is 11.2. The molecule has 0 fully saturated rings. The van der Waals surface area contributed by atoms with Crippen molar-refractivity contribution in [1.82, 2.24) is 0 Å². The summed E-state index contributed by atoms with van der Waals surface area (Å²) in [4.78, 5) is 0. The van der Waals surface area contributed by atoms with Gasteiger partial charge in [0.2, 0.25) is 0 Å². The standard InChI is InChI=1S/C24H50O4S.C2Cl4/c1-3-5-7-9-11-13-15-17-19-21-23-27-29(25,26)28-24-22-20-18-16-14-12-10-8-6-4-2;3-1(4)2(5)6/h3-24H2,1-2H3;. The van der Waals surface area contributed by atoms with Gasteiger partial charge >= 0.3 is 10.4 Å². The predicted molar refractivity (Wildman–Crippen MR) is 155 cm³/mol. The Kier molecular flexibility index (Phi) is 31.8. The summed E-state index contributed by atoms with van der Waals surface area (Å²) >= 11 is 20.0. The maximum Gasteiger partial charge on any atom is 0.399 e. The van der Waals surface area contributed by atoms with Crippen molar-refractivity contribution in [2.45, 2.75) is 142 Å². The van der Waals surface area contributed by atoms with Gasteiger partial charge in [-0.15, -0.1) is 0 Å². The van der Waals surface area contributed by atoms with Crippen LogP contribution in [0.2, 0.25) is 0 Å². The Balaban J connectivity index is 0. The van der Waals surface area contributed by atoms with Gasteiger partial charge in [-0.3, -0.25) is 0 Å². The number of rotatable bonds is 24. The van der Waals surface area contributed by atoms with Crippen molar-refractivity contribution in [3.8, 4) is 0 Å². The van der Waals surface area contributed by atoms with Gasteiger partial charge in [0.15, 0.2) is 0 Å². The topological polar surface area (TPSA) is 52.6 Å². The first-order valence-electron chi connectivity index (χ1n) is 13.7. The molecular weight excluding hydrogens is 550 g/mol. The van der Waals surface area contributed by atoms with Gasteiger partial charge in [-0.2, -0.15) is 8.42 Å². The van der Waals surface area contributed by atoms with Crippen LogP contribution in [0.25, 0.3) is 0 Å². The molecule has 0 aromatic heterocycles. The molecule has 0 bridgehead atoms. The molecule has 0 amide bonds. The third-order valence-corrected chi connectivity index (χ3v) is 7.65. The molecule has 0 rings (SSSR count). The number of unbranched alkanes of at least 4 members (excludes halogenated alkanes) is 18. The Bertz CT molecular complexity index is 522. The van der Waals surface area contributed by atoms with Crippen molar-refractivity contribution in [2.75, 3.05) is 13.2 Å². The van der Waals surface area contributed by atoms with Crippen molar-refractivity contribution in [2.24, 2.45) is 0 Å². The molecule has 0 spiro atoms. The maximum absolute atomic E-state index is 11.7. The Labute approximate surface area is 237 Å². The smallest absolute Gasteiger partial charge is 0.248 e. The quantitative estimate of drug-likeness (QED) is 0.103. The molecule has 212 valence electrons. The van der Waals surface area contributed by atoms with Gasteiger partial charge in [-0.05, 0) is 12.8 Å². The SMILES string of the molecule is CCCCCCCCCCCCOS(=O)(=O)OCCCCCCCCCCCC.ClC(Cl)=C(Cl)Cl. The lowest BCUT2D eigenvalue weighted by Gasteiger charge is -2.06. The molecule has 0 aliphatic carbocycles. The van der Waals surface area contributed by atoms with Crippen molar-refractivity contribution in [1.29, 1.82) is 0 Å². The molecule has 35 heavy (non-hydrogen) atoms. The summed E-state index contributed by atoms with van der Waals surface area (Å²) in [5.74, 6) is 0. The minimum absolute atomic E-state index is 0.0988. The zero-order chi connectivity index (χ0) is 26.6. The highest BCUT2D eigenvalue weighted by atomic mass is 35.5. The van der Waals surface area contributed by atoms with Crippen molar-refractivity contribution in [3.63, 3.8) is 0 Å². The summed E-state index contributed by atoms with van der Waals surface area (Å²) in [6.45, 7) is 4.98. The van der Waals surface area contributed by atoms with E-state index in [1.165, 1.54) is 89.9 Å². The van der Waals surface area contributed by atoms with E-state index in [9.17, 15) is 8.42 Å². The van der Waals surface area contributed by atoms with Crippen LogP contribution in [-0.2, 0) is 18.8 Å². The summed E-state index contributed by atoms with van der Waals surface area (Å²) < 4.78 is 33.1. The first-order valence-corrected chi connectivity index (χ1v) is 16.5. The molecule has 0 radical (unpaired) electrons. The molecule has 4 nitrogen and oxygen atoms in total. The van der Waals surface area contributed by atoms with Crippen molar-refractivity contribution in [3.05, 3.63) is 8.98 Å². The van der Waals surface area contributed by atoms with Crippen LogP contribution in [0.4, 0.5) is 0 Å². The lowest BCUT2D eigenvalue weighted by molar-refractivity contribution is 0.208. The van der Waals surface area contributed by atoms with Gasteiger partial charge in [-0.25, -0.2) is 8.37 Å². The van der Waals surface area contributed by atoms with E-state index in [0.717, 1.165) is 38.5 Å². The molecule has 0 saturated carbocycles. The van der Waals surface area contributed by atoms with E-state index >= 15 is 0 Å². The zero-order valence-corrected chi connectivity index (χ0v) is 25.9. The summed E-state index contributed by atoms with van der Waals surface area (Å²) in [6, 6.07) is 0. The highest BCUT2D eigenvalue weighted by Crippen LogP contribution is 2.20. The van der Waals surface area contributed by atoms with E-state index in [2.05, 4.69) is 13.8 Å². The Morgan fingerprint density at radius 2 is 0.686 bits per heavy atom. The second-order valence-electron chi connectivity index (χ2n) is 8.94. The Morgan fingerprint density at radius 1 is 0.457 bits per heavy atom. The van der Waals surface area contributed by atoms with E-state index in [4.69, 9.17) is 54.8 Å². The summed E-state index contributed by atoms with van der Waals surface area (Å²) in [6.07, 6.45) is 24.4. The molecule has 0 aliphatic heterocycles. The van der Waals surface area contributed by atoms with Crippen LogP contribution in [0.1, 0.15) is 142 Å². The van der Waals surface area contributed by atoms with Crippen LogP contribution in [0.5, 0.6) is 0 Å². The van der Waals surface area contributed by atoms with Crippen LogP contribution in [-0.4, -0.2) is 21.6 Å². The van der Waals surface area contributed by atoms with Crippen LogP contribution in [0.15, 0.2) is 8.98 Å². The van der Waals surface area contributed by atoms with Gasteiger partial charge < -0.3 is 0 Å². The van der Waals surface area contributed by atoms with E-state index < -0.39 is 10.4 Å². The molecule has 9 heteroatoms. The van der Waals surface area contributed by atoms with Crippen LogP contribution < -0.4 is 0 Å². The van der Waals surface area contributed by atoms with Gasteiger partial charge in [0.05, 0.1) is 13.2 Å². The fraction of sp³-hybridized carbons (Fsp3) is 0.923. The molecule has 0 aliphatic rings. The van der Waals surface area contributed by atoms with Crippen LogP contribution in [0.3, 0.4) is 0 Å². The maximum atomic E-state index is 11.7. The van der Waals surface area contributed by atoms with Crippen molar-refractivity contribution >= 4 is 56.8 Å². The molecule has 0 unspecified atom stereocenters. The number of hydrogen-bond acceptors (Lipinski definition) is 4. The third kappa shape index (κ3) is 34.8. The average molecular weight is 601 g/mol. The molecule has 0 aromatic carbocycles. The van der Waals surface area contributed by atoms with E-state index in [0.29, 0.717) is 0 Å². The molecule has 0 N–H and O–H groups in total. The van der Waals surface area contributed by atoms with E-state index in [-0.39, 0.29) is 22.2 Å². The molecule has 0 atom stereocenters. The Morgan fingerprint density at radius 3 is 0.914 bits per heavy atom. The van der Waals surface area contributed by atoms with Crippen LogP contribution >= 0.6 is 46.4 Å². The Hall–Kier alpha value is 0.770. The van der Waals surface area contributed by atoms with Gasteiger partial charge in [0, 0.05) is 0 Å². The molecule has 0 saturated heterocycles. The van der Waals surface area contributed by atoms with Crippen LogP contribution in [0, 0.1) is 0 Å². The first-order chi connectivity index (χ1) is 16.8. The lowest BCUT2D eigenvalue weighted by Crippen LogP contribution is -2.12. The van der Waals surface area contributed by atoms with E-state index in [1.54, 1.807) is 0 Å². The second-order valence-corrected chi connectivity index (χ2v) is 12.1. The highest BCUT2D eigenvalue weighted by molar-refractivity contribution is 7.81. The molecular formula is C26H50Cl4O4S. The van der Waals surface area contributed by atoms with E-state index in [1.807, 2.05) is 0 Å². The van der Waals surface area contributed by atoms with Gasteiger partial charge in [0.25, 0.3) is 0 Å². The summed E-state index contributed by atoms with van der Waals surface area (Å²) in [5.41, 5.74) is 0. The fourth-order valence-electron chi connectivity index (χ4n) is 3.53. The second kappa shape index (κ2) is 29.3. The normalized spacial score (nSPS) is 11.3. The molecule has 0 heterocycles.